The first-order valence-corrected chi connectivity index (χ1v) is 7.65. The smallest absolute Gasteiger partial charge is 0.223 e. The van der Waals surface area contributed by atoms with Gasteiger partial charge in [-0.15, -0.1) is 0 Å². The maximum atomic E-state index is 12.3. The normalized spacial score (nSPS) is 46.3. The highest BCUT2D eigenvalue weighted by molar-refractivity contribution is 5.78. The maximum absolute atomic E-state index is 12.3. The van der Waals surface area contributed by atoms with Crippen molar-refractivity contribution >= 4 is 5.91 Å². The van der Waals surface area contributed by atoms with Gasteiger partial charge in [-0.1, -0.05) is 0 Å². The summed E-state index contributed by atoms with van der Waals surface area (Å²) in [5, 5.41) is 0. The van der Waals surface area contributed by atoms with Gasteiger partial charge in [-0.05, 0) is 61.7 Å². The van der Waals surface area contributed by atoms with Crippen molar-refractivity contribution in [1.29, 1.82) is 0 Å². The van der Waals surface area contributed by atoms with Crippen LogP contribution in [-0.4, -0.2) is 29.9 Å². The summed E-state index contributed by atoms with van der Waals surface area (Å²) in [6, 6.07) is 0.241. The number of likely N-dealkylation sites (tertiary alicyclic amines) is 1. The van der Waals surface area contributed by atoms with Gasteiger partial charge in [-0.2, -0.15) is 0 Å². The third-order valence-electron chi connectivity index (χ3n) is 5.95. The molecule has 100 valence electrons. The molecule has 5 aliphatic rings. The molecule has 18 heavy (non-hydrogen) atoms. The predicted molar refractivity (Wildman–Crippen MR) is 69.8 cm³/mol. The fourth-order valence-corrected chi connectivity index (χ4v) is 5.66. The Morgan fingerprint density at radius 3 is 2.00 bits per heavy atom. The summed E-state index contributed by atoms with van der Waals surface area (Å²) in [5.41, 5.74) is 6.17. The minimum absolute atomic E-state index is 0.241. The number of nitrogens with zero attached hydrogens (tertiary/aromatic N) is 1. The number of hydrogen-bond donors (Lipinski definition) is 1. The van der Waals surface area contributed by atoms with E-state index in [-0.39, 0.29) is 6.04 Å². The topological polar surface area (TPSA) is 46.3 Å². The number of carbonyl (C=O) groups is 1. The molecule has 4 aliphatic carbocycles. The molecule has 1 amide bonds. The van der Waals surface area contributed by atoms with Crippen molar-refractivity contribution in [3.8, 4) is 0 Å². The van der Waals surface area contributed by atoms with Crippen LogP contribution in [0.5, 0.6) is 0 Å². The highest BCUT2D eigenvalue weighted by atomic mass is 16.2. The summed E-state index contributed by atoms with van der Waals surface area (Å²) in [6.07, 6.45) is 9.22. The molecule has 3 nitrogen and oxygen atoms in total. The monoisotopic (exact) mass is 248 g/mol. The zero-order chi connectivity index (χ0) is 12.3. The molecule has 0 spiro atoms. The van der Waals surface area contributed by atoms with Crippen LogP contribution in [0, 0.1) is 23.2 Å². The summed E-state index contributed by atoms with van der Waals surface area (Å²) in [6.45, 7) is 1.59. The highest BCUT2D eigenvalue weighted by Crippen LogP contribution is 2.61. The molecule has 1 heterocycles. The molecule has 1 saturated heterocycles. The Morgan fingerprint density at radius 2 is 1.56 bits per heavy atom. The first kappa shape index (κ1) is 11.3. The van der Waals surface area contributed by atoms with E-state index in [0.717, 1.165) is 37.3 Å². The van der Waals surface area contributed by atoms with Crippen LogP contribution < -0.4 is 5.73 Å². The number of rotatable bonds is 2. The zero-order valence-electron chi connectivity index (χ0n) is 11.1. The van der Waals surface area contributed by atoms with Crippen LogP contribution in [0.2, 0.25) is 0 Å². The van der Waals surface area contributed by atoms with E-state index in [2.05, 4.69) is 0 Å². The van der Waals surface area contributed by atoms with Crippen molar-refractivity contribution in [2.75, 3.05) is 13.1 Å². The van der Waals surface area contributed by atoms with Gasteiger partial charge in [0.05, 0.1) is 0 Å². The summed E-state index contributed by atoms with van der Waals surface area (Å²) in [4.78, 5) is 14.3. The first-order valence-electron chi connectivity index (χ1n) is 7.65. The van der Waals surface area contributed by atoms with Gasteiger partial charge >= 0.3 is 0 Å². The Hall–Kier alpha value is -0.570. The lowest BCUT2D eigenvalue weighted by Crippen LogP contribution is -2.59. The van der Waals surface area contributed by atoms with Crippen LogP contribution in [-0.2, 0) is 4.79 Å². The van der Waals surface area contributed by atoms with Crippen molar-refractivity contribution in [1.82, 2.24) is 4.90 Å². The quantitative estimate of drug-likeness (QED) is 0.809. The average molecular weight is 248 g/mol. The summed E-state index contributed by atoms with van der Waals surface area (Å²) in [7, 11) is 0. The third kappa shape index (κ3) is 1.70. The summed E-state index contributed by atoms with van der Waals surface area (Å²) < 4.78 is 0. The fourth-order valence-electron chi connectivity index (χ4n) is 5.66. The predicted octanol–water partition coefficient (Wildman–Crippen LogP) is 1.76. The Morgan fingerprint density at radius 1 is 1.06 bits per heavy atom. The van der Waals surface area contributed by atoms with E-state index in [4.69, 9.17) is 5.73 Å². The second kappa shape index (κ2) is 3.72. The van der Waals surface area contributed by atoms with Gasteiger partial charge in [0.25, 0.3) is 0 Å². The van der Waals surface area contributed by atoms with Crippen LogP contribution >= 0.6 is 0 Å². The van der Waals surface area contributed by atoms with Crippen LogP contribution in [0.1, 0.15) is 44.9 Å². The van der Waals surface area contributed by atoms with Gasteiger partial charge < -0.3 is 10.6 Å². The Bertz CT molecular complexity index is 337. The van der Waals surface area contributed by atoms with E-state index >= 15 is 0 Å². The van der Waals surface area contributed by atoms with Gasteiger partial charge in [0, 0.05) is 25.6 Å². The molecule has 1 aliphatic heterocycles. The van der Waals surface area contributed by atoms with E-state index in [9.17, 15) is 4.79 Å². The maximum Gasteiger partial charge on any atom is 0.223 e. The van der Waals surface area contributed by atoms with Crippen molar-refractivity contribution < 1.29 is 4.79 Å². The molecule has 4 bridgehead atoms. The van der Waals surface area contributed by atoms with Gasteiger partial charge in [0.1, 0.15) is 0 Å². The van der Waals surface area contributed by atoms with Crippen LogP contribution in [0.3, 0.4) is 0 Å². The van der Waals surface area contributed by atoms with Gasteiger partial charge in [-0.25, -0.2) is 0 Å². The average Bonchev–Trinajstić information content (AvgIpc) is 2.21. The van der Waals surface area contributed by atoms with Crippen molar-refractivity contribution in [2.45, 2.75) is 51.0 Å². The van der Waals surface area contributed by atoms with E-state index < -0.39 is 0 Å². The number of nitrogens with two attached hydrogens (primary N) is 1. The Kier molecular flexibility index (Phi) is 2.33. The minimum atomic E-state index is 0.241. The standard InChI is InChI=1S/C15H24N2O/c16-13-8-17(9-13)14(18)7-15-4-10-1-11(5-15)3-12(2-10)6-15/h10-13H,1-9,16H2. The number of hydrogen-bond acceptors (Lipinski definition) is 2. The number of carbonyl (C=O) groups excluding carboxylic acids is 1. The highest BCUT2D eigenvalue weighted by Gasteiger charge is 2.52. The van der Waals surface area contributed by atoms with Crippen molar-refractivity contribution in [2.24, 2.45) is 28.9 Å². The van der Waals surface area contributed by atoms with Crippen molar-refractivity contribution in [3.05, 3.63) is 0 Å². The molecular formula is C15H24N2O. The second-order valence-corrected chi connectivity index (χ2v) is 7.65. The SMILES string of the molecule is NC1CN(C(=O)CC23CC4CC(CC(C4)C2)C3)C1. The van der Waals surface area contributed by atoms with Gasteiger partial charge in [0.15, 0.2) is 0 Å². The van der Waals surface area contributed by atoms with Crippen LogP contribution in [0.25, 0.3) is 0 Å². The molecule has 0 atom stereocenters. The molecule has 0 aromatic heterocycles. The second-order valence-electron chi connectivity index (χ2n) is 7.65. The molecule has 3 heteroatoms. The molecule has 2 N–H and O–H groups in total. The molecule has 0 aromatic carbocycles. The largest absolute Gasteiger partial charge is 0.339 e. The lowest BCUT2D eigenvalue weighted by atomic mass is 9.49. The number of amides is 1. The lowest BCUT2D eigenvalue weighted by molar-refractivity contribution is -0.143. The van der Waals surface area contributed by atoms with Crippen LogP contribution in [0.4, 0.5) is 0 Å². The Labute approximate surface area is 109 Å². The molecule has 4 saturated carbocycles. The fraction of sp³-hybridized carbons (Fsp3) is 0.933. The molecule has 0 radical (unpaired) electrons. The molecule has 5 fully saturated rings. The van der Waals surface area contributed by atoms with Crippen molar-refractivity contribution in [3.63, 3.8) is 0 Å². The summed E-state index contributed by atoms with van der Waals surface area (Å²) in [5.74, 6) is 3.23. The van der Waals surface area contributed by atoms with E-state index in [1.54, 1.807) is 0 Å². The molecular weight excluding hydrogens is 224 g/mol. The lowest BCUT2D eigenvalue weighted by Gasteiger charge is -2.57. The van der Waals surface area contributed by atoms with E-state index in [1.165, 1.54) is 38.5 Å². The minimum Gasteiger partial charge on any atom is -0.339 e. The Balaban J connectivity index is 1.46. The zero-order valence-corrected chi connectivity index (χ0v) is 11.1. The van der Waals surface area contributed by atoms with E-state index in [0.29, 0.717) is 11.3 Å². The first-order chi connectivity index (χ1) is 8.62. The van der Waals surface area contributed by atoms with E-state index in [1.807, 2.05) is 4.90 Å². The molecule has 0 aromatic rings. The molecule has 0 unspecified atom stereocenters. The van der Waals surface area contributed by atoms with Crippen LogP contribution in [0.15, 0.2) is 0 Å². The van der Waals surface area contributed by atoms with Gasteiger partial charge in [-0.3, -0.25) is 4.79 Å². The summed E-state index contributed by atoms with van der Waals surface area (Å²) >= 11 is 0. The van der Waals surface area contributed by atoms with Gasteiger partial charge in [0.2, 0.25) is 5.91 Å². The third-order valence-corrected chi connectivity index (χ3v) is 5.95. The molecule has 5 rings (SSSR count).